The zero-order chi connectivity index (χ0) is 23.5. The molecule has 1 aromatic carbocycles. The third kappa shape index (κ3) is 6.05. The van der Waals surface area contributed by atoms with Crippen molar-refractivity contribution in [3.63, 3.8) is 0 Å². The van der Waals surface area contributed by atoms with Gasteiger partial charge in [-0.25, -0.2) is 14.4 Å². The number of aromatic nitrogens is 2. The number of amides is 1. The zero-order valence-corrected chi connectivity index (χ0v) is 16.3. The minimum atomic E-state index is -5.05. The van der Waals surface area contributed by atoms with Crippen molar-refractivity contribution in [2.45, 2.75) is 25.2 Å². The first-order valence-corrected chi connectivity index (χ1v) is 9.38. The van der Waals surface area contributed by atoms with Gasteiger partial charge in [0.15, 0.2) is 5.69 Å². The number of carbonyl (C=O) groups excluding carboxylic acids is 1. The number of nitrogens with one attached hydrogen (secondary N) is 2. The van der Waals surface area contributed by atoms with Gasteiger partial charge in [-0.1, -0.05) is 0 Å². The number of halogens is 7. The predicted octanol–water partition coefficient (Wildman–Crippen LogP) is 4.55. The second kappa shape index (κ2) is 9.27. The summed E-state index contributed by atoms with van der Waals surface area (Å²) in [5.41, 5.74) is -4.28. The molecule has 0 radical (unpaired) electrons. The number of nitrogens with zero attached hydrogens (tertiary/aromatic N) is 2. The summed E-state index contributed by atoms with van der Waals surface area (Å²) < 4.78 is 97.6. The highest BCUT2D eigenvalue weighted by atomic mass is 19.4. The highest BCUT2D eigenvalue weighted by Crippen LogP contribution is 2.34. The number of anilines is 2. The Morgan fingerprint density at radius 3 is 2.38 bits per heavy atom. The minimum absolute atomic E-state index is 0.0553. The molecule has 0 atom stereocenters. The SMILES string of the molecule is O=C(NCC1CCOCC1)c1cnc(Nc2cc(F)cc(C(F)(F)F)c2)nc1C(F)(F)F. The van der Waals surface area contributed by atoms with Crippen molar-refractivity contribution in [2.24, 2.45) is 5.92 Å². The molecule has 0 unspecified atom stereocenters. The number of ether oxygens (including phenoxy) is 1. The Hall–Kier alpha value is -2.96. The molecule has 1 aromatic heterocycles. The third-order valence-electron chi connectivity index (χ3n) is 4.68. The number of alkyl halides is 6. The van der Waals surface area contributed by atoms with E-state index in [-0.39, 0.29) is 18.5 Å². The molecule has 0 aliphatic carbocycles. The van der Waals surface area contributed by atoms with Crippen LogP contribution in [0.25, 0.3) is 0 Å². The van der Waals surface area contributed by atoms with Crippen LogP contribution in [0, 0.1) is 11.7 Å². The molecule has 1 amide bonds. The molecule has 2 N–H and O–H groups in total. The molecule has 1 saturated heterocycles. The molecule has 32 heavy (non-hydrogen) atoms. The molecular weight excluding hydrogens is 449 g/mol. The smallest absolute Gasteiger partial charge is 0.381 e. The quantitative estimate of drug-likeness (QED) is 0.633. The molecule has 3 rings (SSSR count). The molecule has 0 spiro atoms. The molecule has 2 heterocycles. The molecule has 174 valence electrons. The third-order valence-corrected chi connectivity index (χ3v) is 4.68. The lowest BCUT2D eigenvalue weighted by molar-refractivity contribution is -0.141. The molecule has 0 saturated carbocycles. The normalized spacial score (nSPS) is 15.5. The Morgan fingerprint density at radius 1 is 1.06 bits per heavy atom. The van der Waals surface area contributed by atoms with Crippen molar-refractivity contribution >= 4 is 17.5 Å². The lowest BCUT2D eigenvalue weighted by Crippen LogP contribution is -2.33. The Bertz CT molecular complexity index is 973. The maximum absolute atomic E-state index is 13.5. The zero-order valence-electron chi connectivity index (χ0n) is 16.3. The fraction of sp³-hybridized carbons (Fsp3) is 0.421. The van der Waals surface area contributed by atoms with Crippen molar-refractivity contribution in [1.29, 1.82) is 0 Å². The van der Waals surface area contributed by atoms with Gasteiger partial charge in [0, 0.05) is 31.6 Å². The first kappa shape index (κ1) is 23.7. The number of rotatable bonds is 5. The van der Waals surface area contributed by atoms with Crippen LogP contribution in [-0.2, 0) is 17.1 Å². The predicted molar refractivity (Wildman–Crippen MR) is 97.6 cm³/mol. The van der Waals surface area contributed by atoms with Gasteiger partial charge in [0.1, 0.15) is 5.82 Å². The maximum atomic E-state index is 13.5. The van der Waals surface area contributed by atoms with Gasteiger partial charge in [0.25, 0.3) is 5.91 Å². The van der Waals surface area contributed by atoms with Crippen molar-refractivity contribution in [2.75, 3.05) is 25.1 Å². The van der Waals surface area contributed by atoms with Crippen LogP contribution in [-0.4, -0.2) is 35.6 Å². The molecule has 13 heteroatoms. The molecular formula is C19H17F7N4O2. The van der Waals surface area contributed by atoms with E-state index in [1.165, 1.54) is 0 Å². The summed E-state index contributed by atoms with van der Waals surface area (Å²) in [7, 11) is 0. The summed E-state index contributed by atoms with van der Waals surface area (Å²) in [6.45, 7) is 1.13. The van der Waals surface area contributed by atoms with Crippen molar-refractivity contribution in [3.05, 3.63) is 47.0 Å². The van der Waals surface area contributed by atoms with Crippen LogP contribution >= 0.6 is 0 Å². The van der Waals surface area contributed by atoms with Crippen molar-refractivity contribution in [1.82, 2.24) is 15.3 Å². The highest BCUT2D eigenvalue weighted by molar-refractivity contribution is 5.95. The van der Waals surface area contributed by atoms with Gasteiger partial charge in [-0.15, -0.1) is 0 Å². The summed E-state index contributed by atoms with van der Waals surface area (Å²) in [6.07, 6.45) is -8.01. The minimum Gasteiger partial charge on any atom is -0.381 e. The van der Waals surface area contributed by atoms with E-state index in [0.29, 0.717) is 44.4 Å². The standard InChI is InChI=1S/C19H17F7N4O2/c20-12-5-11(18(21,22)23)6-13(7-12)29-17-28-9-14(15(30-17)19(24,25)26)16(31)27-8-10-1-3-32-4-2-10/h5-7,9-10H,1-4,8H2,(H,27,31)(H,28,29,30). The van der Waals surface area contributed by atoms with Crippen LogP contribution in [0.15, 0.2) is 24.4 Å². The Labute approximate surface area is 177 Å². The van der Waals surface area contributed by atoms with E-state index in [9.17, 15) is 35.5 Å². The topological polar surface area (TPSA) is 76.1 Å². The summed E-state index contributed by atoms with van der Waals surface area (Å²) >= 11 is 0. The van der Waals surface area contributed by atoms with Gasteiger partial charge in [0.2, 0.25) is 5.95 Å². The van der Waals surface area contributed by atoms with Gasteiger partial charge in [-0.2, -0.15) is 26.3 Å². The van der Waals surface area contributed by atoms with E-state index in [2.05, 4.69) is 20.6 Å². The molecule has 2 aromatic rings. The first-order chi connectivity index (χ1) is 14.9. The average molecular weight is 466 g/mol. The largest absolute Gasteiger partial charge is 0.434 e. The second-order valence-corrected chi connectivity index (χ2v) is 7.07. The summed E-state index contributed by atoms with van der Waals surface area (Å²) in [5.74, 6) is -3.00. The summed E-state index contributed by atoms with van der Waals surface area (Å²) in [6, 6.07) is 1.37. The molecule has 1 fully saturated rings. The van der Waals surface area contributed by atoms with Crippen LogP contribution in [0.1, 0.15) is 34.5 Å². The van der Waals surface area contributed by atoms with Crippen LogP contribution in [0.2, 0.25) is 0 Å². The molecule has 0 bridgehead atoms. The maximum Gasteiger partial charge on any atom is 0.434 e. The molecule has 1 aliphatic rings. The fourth-order valence-electron chi connectivity index (χ4n) is 3.06. The van der Waals surface area contributed by atoms with Gasteiger partial charge >= 0.3 is 12.4 Å². The Morgan fingerprint density at radius 2 is 1.75 bits per heavy atom. The van der Waals surface area contributed by atoms with E-state index in [4.69, 9.17) is 4.74 Å². The van der Waals surface area contributed by atoms with Gasteiger partial charge in [-0.3, -0.25) is 4.79 Å². The van der Waals surface area contributed by atoms with E-state index >= 15 is 0 Å². The number of hydrogen-bond donors (Lipinski definition) is 2. The monoisotopic (exact) mass is 466 g/mol. The summed E-state index contributed by atoms with van der Waals surface area (Å²) in [4.78, 5) is 19.1. The van der Waals surface area contributed by atoms with Gasteiger partial charge in [-0.05, 0) is 37.0 Å². The highest BCUT2D eigenvalue weighted by Gasteiger charge is 2.38. The fourth-order valence-corrected chi connectivity index (χ4v) is 3.06. The lowest BCUT2D eigenvalue weighted by Gasteiger charge is -2.22. The average Bonchev–Trinajstić information content (AvgIpc) is 2.71. The number of hydrogen-bond acceptors (Lipinski definition) is 5. The van der Waals surface area contributed by atoms with Gasteiger partial charge < -0.3 is 15.4 Å². The van der Waals surface area contributed by atoms with E-state index < -0.39 is 52.5 Å². The first-order valence-electron chi connectivity index (χ1n) is 9.38. The van der Waals surface area contributed by atoms with Crippen LogP contribution in [0.3, 0.4) is 0 Å². The van der Waals surface area contributed by atoms with Crippen LogP contribution in [0.5, 0.6) is 0 Å². The number of benzene rings is 1. The van der Waals surface area contributed by atoms with Gasteiger partial charge in [0.05, 0.1) is 11.1 Å². The number of carbonyl (C=O) groups is 1. The lowest BCUT2D eigenvalue weighted by atomic mass is 10.0. The van der Waals surface area contributed by atoms with E-state index in [0.717, 1.165) is 0 Å². The van der Waals surface area contributed by atoms with E-state index in [1.54, 1.807) is 0 Å². The van der Waals surface area contributed by atoms with E-state index in [1.807, 2.05) is 0 Å². The second-order valence-electron chi connectivity index (χ2n) is 7.07. The molecule has 6 nitrogen and oxygen atoms in total. The van der Waals surface area contributed by atoms with Crippen LogP contribution < -0.4 is 10.6 Å². The Balaban J connectivity index is 1.82. The summed E-state index contributed by atoms with van der Waals surface area (Å²) in [5, 5.41) is 4.52. The molecule has 1 aliphatic heterocycles. The van der Waals surface area contributed by atoms with Crippen molar-refractivity contribution < 1.29 is 40.3 Å². The Kier molecular flexibility index (Phi) is 6.86. The van der Waals surface area contributed by atoms with Crippen LogP contribution in [0.4, 0.5) is 42.4 Å². The van der Waals surface area contributed by atoms with Crippen molar-refractivity contribution in [3.8, 4) is 0 Å².